The molecule has 0 atom stereocenters. The summed E-state index contributed by atoms with van der Waals surface area (Å²) in [6.45, 7) is 14.1. The second-order valence-corrected chi connectivity index (χ2v) is 3.31. The Bertz CT molecular complexity index is 259. The standard InChI is InChI=1S/C9H9NS.3C2H6/c1-8-2-4-9(5-3-8)11-7-6-10;3*1-2/h2-5H,7H2,1H3;3*1-2H3. The molecule has 1 aromatic carbocycles. The van der Waals surface area contributed by atoms with Gasteiger partial charge in [-0.25, -0.2) is 0 Å². The lowest BCUT2D eigenvalue weighted by molar-refractivity contribution is 1.38. The zero-order chi connectivity index (χ0) is 14.1. The minimum atomic E-state index is 0.531. The van der Waals surface area contributed by atoms with E-state index >= 15 is 0 Å². The Morgan fingerprint density at radius 2 is 1.35 bits per heavy atom. The molecular weight excluding hydrogens is 226 g/mol. The highest BCUT2D eigenvalue weighted by molar-refractivity contribution is 7.99. The van der Waals surface area contributed by atoms with E-state index in [1.807, 2.05) is 53.7 Å². The maximum atomic E-state index is 8.31. The number of thioether (sulfide) groups is 1. The molecule has 1 aromatic rings. The minimum Gasteiger partial charge on any atom is -0.197 e. The summed E-state index contributed by atoms with van der Waals surface area (Å²) < 4.78 is 0. The minimum absolute atomic E-state index is 0.531. The van der Waals surface area contributed by atoms with Gasteiger partial charge in [0.05, 0.1) is 11.8 Å². The number of rotatable bonds is 2. The van der Waals surface area contributed by atoms with Gasteiger partial charge in [0.1, 0.15) is 0 Å². The van der Waals surface area contributed by atoms with E-state index in [4.69, 9.17) is 5.26 Å². The molecule has 1 rings (SSSR count). The molecule has 0 aliphatic heterocycles. The first kappa shape index (κ1) is 21.4. The summed E-state index contributed by atoms with van der Waals surface area (Å²) in [5.74, 6) is 0.531. The smallest absolute Gasteiger partial charge is 0.0855 e. The molecule has 0 aliphatic carbocycles. The lowest BCUT2D eigenvalue weighted by Crippen LogP contribution is -1.74. The van der Waals surface area contributed by atoms with Crippen molar-refractivity contribution in [3.8, 4) is 6.07 Å². The third kappa shape index (κ3) is 15.1. The van der Waals surface area contributed by atoms with Crippen molar-refractivity contribution < 1.29 is 0 Å². The third-order valence-electron chi connectivity index (χ3n) is 1.32. The van der Waals surface area contributed by atoms with E-state index < -0.39 is 0 Å². The summed E-state index contributed by atoms with van der Waals surface area (Å²) in [5.41, 5.74) is 1.26. The van der Waals surface area contributed by atoms with Gasteiger partial charge in [-0.2, -0.15) is 5.26 Å². The van der Waals surface area contributed by atoms with Crippen molar-refractivity contribution in [1.29, 1.82) is 5.26 Å². The maximum absolute atomic E-state index is 8.31. The monoisotopic (exact) mass is 253 g/mol. The number of hydrogen-bond acceptors (Lipinski definition) is 2. The summed E-state index contributed by atoms with van der Waals surface area (Å²) in [7, 11) is 0. The Balaban J connectivity index is -0.000000285. The highest BCUT2D eigenvalue weighted by atomic mass is 32.2. The first-order chi connectivity index (χ1) is 8.33. The molecule has 0 amide bonds. The molecular formula is C15H27NS. The molecule has 17 heavy (non-hydrogen) atoms. The molecule has 0 fully saturated rings. The molecule has 0 N–H and O–H groups in total. The van der Waals surface area contributed by atoms with Gasteiger partial charge < -0.3 is 0 Å². The van der Waals surface area contributed by atoms with Gasteiger partial charge >= 0.3 is 0 Å². The number of hydrogen-bond donors (Lipinski definition) is 0. The van der Waals surface area contributed by atoms with Gasteiger partial charge in [0.25, 0.3) is 0 Å². The summed E-state index contributed by atoms with van der Waals surface area (Å²) in [6, 6.07) is 10.3. The van der Waals surface area contributed by atoms with Crippen LogP contribution in [0.25, 0.3) is 0 Å². The molecule has 0 radical (unpaired) electrons. The fourth-order valence-corrected chi connectivity index (χ4v) is 1.31. The van der Waals surface area contributed by atoms with Crippen molar-refractivity contribution >= 4 is 11.8 Å². The fourth-order valence-electron chi connectivity index (χ4n) is 0.750. The first-order valence-corrected chi connectivity index (χ1v) is 7.38. The lowest BCUT2D eigenvalue weighted by atomic mass is 10.2. The van der Waals surface area contributed by atoms with Crippen LogP contribution < -0.4 is 0 Å². The highest BCUT2D eigenvalue weighted by Gasteiger charge is 1.90. The van der Waals surface area contributed by atoms with Crippen LogP contribution in [0.5, 0.6) is 0 Å². The molecule has 0 heterocycles. The highest BCUT2D eigenvalue weighted by Crippen LogP contribution is 2.16. The van der Waals surface area contributed by atoms with Gasteiger partial charge in [-0.3, -0.25) is 0 Å². The van der Waals surface area contributed by atoms with Gasteiger partial charge in [0.15, 0.2) is 0 Å². The van der Waals surface area contributed by atoms with Crippen LogP contribution in [-0.2, 0) is 0 Å². The Labute approximate surface area is 112 Å². The molecule has 0 aliphatic rings. The van der Waals surface area contributed by atoms with E-state index in [0.717, 1.165) is 4.90 Å². The molecule has 0 saturated carbocycles. The van der Waals surface area contributed by atoms with E-state index in [9.17, 15) is 0 Å². The largest absolute Gasteiger partial charge is 0.197 e. The van der Waals surface area contributed by atoms with E-state index in [0.29, 0.717) is 5.75 Å². The summed E-state index contributed by atoms with van der Waals surface area (Å²) >= 11 is 1.57. The van der Waals surface area contributed by atoms with Gasteiger partial charge in [-0.15, -0.1) is 11.8 Å². The van der Waals surface area contributed by atoms with E-state index in [-0.39, 0.29) is 0 Å². The van der Waals surface area contributed by atoms with Crippen molar-refractivity contribution in [3.05, 3.63) is 29.8 Å². The molecule has 0 aromatic heterocycles. The lowest BCUT2D eigenvalue weighted by Gasteiger charge is -1.96. The number of nitriles is 1. The van der Waals surface area contributed by atoms with Crippen LogP contribution in [0.2, 0.25) is 0 Å². The number of aryl methyl sites for hydroxylation is 1. The molecule has 98 valence electrons. The molecule has 0 saturated heterocycles. The average Bonchev–Trinajstić information content (AvgIpc) is 2.45. The zero-order valence-corrected chi connectivity index (χ0v) is 13.2. The predicted octanol–water partition coefficient (Wildman–Crippen LogP) is 5.69. The molecule has 0 bridgehead atoms. The van der Waals surface area contributed by atoms with Crippen LogP contribution in [0.1, 0.15) is 47.1 Å². The van der Waals surface area contributed by atoms with Gasteiger partial charge in [-0.05, 0) is 19.1 Å². The van der Waals surface area contributed by atoms with Crippen molar-refractivity contribution in [2.45, 2.75) is 53.4 Å². The van der Waals surface area contributed by atoms with Crippen LogP contribution in [0.15, 0.2) is 29.2 Å². The van der Waals surface area contributed by atoms with Gasteiger partial charge in [0, 0.05) is 4.90 Å². The second-order valence-electron chi connectivity index (χ2n) is 2.26. The third-order valence-corrected chi connectivity index (χ3v) is 2.20. The fraction of sp³-hybridized carbons (Fsp3) is 0.533. The van der Waals surface area contributed by atoms with Crippen molar-refractivity contribution in [3.63, 3.8) is 0 Å². The molecule has 1 nitrogen and oxygen atoms in total. The van der Waals surface area contributed by atoms with Crippen molar-refractivity contribution in [2.75, 3.05) is 5.75 Å². The zero-order valence-electron chi connectivity index (χ0n) is 12.4. The molecule has 2 heteroatoms. The Morgan fingerprint density at radius 1 is 0.941 bits per heavy atom. The normalized spacial score (nSPS) is 6.94. The van der Waals surface area contributed by atoms with Crippen LogP contribution in [-0.4, -0.2) is 5.75 Å². The Hall–Kier alpha value is -0.940. The van der Waals surface area contributed by atoms with Crippen molar-refractivity contribution in [1.82, 2.24) is 0 Å². The van der Waals surface area contributed by atoms with Gasteiger partial charge in [0.2, 0.25) is 0 Å². The maximum Gasteiger partial charge on any atom is 0.0855 e. The van der Waals surface area contributed by atoms with E-state index in [2.05, 4.69) is 25.1 Å². The van der Waals surface area contributed by atoms with Crippen LogP contribution in [0.3, 0.4) is 0 Å². The summed E-state index contributed by atoms with van der Waals surface area (Å²) in [4.78, 5) is 1.16. The second kappa shape index (κ2) is 20.5. The SMILES string of the molecule is CC.CC.CC.Cc1ccc(SCC#N)cc1. The Kier molecular flexibility index (Phi) is 25.7. The summed E-state index contributed by atoms with van der Waals surface area (Å²) in [6.07, 6.45) is 0. The van der Waals surface area contributed by atoms with Gasteiger partial charge in [-0.1, -0.05) is 59.2 Å². The molecule has 0 unspecified atom stereocenters. The first-order valence-electron chi connectivity index (χ1n) is 6.39. The topological polar surface area (TPSA) is 23.8 Å². The van der Waals surface area contributed by atoms with Crippen molar-refractivity contribution in [2.24, 2.45) is 0 Å². The average molecular weight is 253 g/mol. The van der Waals surface area contributed by atoms with Crippen LogP contribution in [0, 0.1) is 18.3 Å². The van der Waals surface area contributed by atoms with Crippen LogP contribution >= 0.6 is 11.8 Å². The van der Waals surface area contributed by atoms with E-state index in [1.165, 1.54) is 5.56 Å². The predicted molar refractivity (Wildman–Crippen MR) is 81.6 cm³/mol. The quantitative estimate of drug-likeness (QED) is 0.632. The Morgan fingerprint density at radius 3 is 1.71 bits per heavy atom. The van der Waals surface area contributed by atoms with Crippen LogP contribution in [0.4, 0.5) is 0 Å². The number of nitrogens with zero attached hydrogens (tertiary/aromatic N) is 1. The summed E-state index contributed by atoms with van der Waals surface area (Å²) in [5, 5.41) is 8.31. The number of benzene rings is 1. The molecule has 0 spiro atoms. The van der Waals surface area contributed by atoms with E-state index in [1.54, 1.807) is 11.8 Å².